The minimum Gasteiger partial charge on any atom is -0.507 e. The van der Waals surface area contributed by atoms with E-state index in [4.69, 9.17) is 4.74 Å². The number of aromatic hydroxyl groups is 1. The van der Waals surface area contributed by atoms with Gasteiger partial charge in [-0.1, -0.05) is 32.3 Å². The fraction of sp³-hybridized carbons (Fsp3) is 0.481. The van der Waals surface area contributed by atoms with Gasteiger partial charge in [0, 0.05) is 37.1 Å². The molecule has 1 fully saturated rings. The van der Waals surface area contributed by atoms with E-state index in [1.807, 2.05) is 18.2 Å². The number of rotatable bonds is 8. The molecule has 3 aromatic rings. The van der Waals surface area contributed by atoms with E-state index >= 15 is 0 Å². The topological polar surface area (TPSA) is 93.7 Å². The van der Waals surface area contributed by atoms with E-state index in [0.29, 0.717) is 31.3 Å². The SMILES string of the molecule is CCN(C)CCOc1ccc2c(c1)CN(C(=O)c1cc3c(NC4CCCCC4)n[nH]c3cc1O)C2. The highest BCUT2D eigenvalue weighted by Gasteiger charge is 2.27. The van der Waals surface area contributed by atoms with Crippen LogP contribution in [0.2, 0.25) is 0 Å². The first-order valence-corrected chi connectivity index (χ1v) is 12.7. The molecule has 8 nitrogen and oxygen atoms in total. The van der Waals surface area contributed by atoms with Crippen molar-refractivity contribution in [3.05, 3.63) is 47.0 Å². The lowest BCUT2D eigenvalue weighted by molar-refractivity contribution is 0.0748. The number of nitrogens with zero attached hydrogens (tertiary/aromatic N) is 3. The number of carbonyl (C=O) groups is 1. The molecule has 8 heteroatoms. The van der Waals surface area contributed by atoms with Crippen molar-refractivity contribution in [1.29, 1.82) is 0 Å². The molecule has 0 saturated heterocycles. The van der Waals surface area contributed by atoms with Crippen LogP contribution in [0, 0.1) is 0 Å². The number of anilines is 1. The summed E-state index contributed by atoms with van der Waals surface area (Å²) in [5.74, 6) is 1.36. The largest absolute Gasteiger partial charge is 0.507 e. The molecule has 5 rings (SSSR count). The summed E-state index contributed by atoms with van der Waals surface area (Å²) in [5, 5.41) is 22.4. The second-order valence-corrected chi connectivity index (χ2v) is 9.80. The van der Waals surface area contributed by atoms with Crippen LogP contribution in [0.25, 0.3) is 10.9 Å². The zero-order valence-corrected chi connectivity index (χ0v) is 20.6. The van der Waals surface area contributed by atoms with Crippen LogP contribution in [-0.4, -0.2) is 63.8 Å². The predicted octanol–water partition coefficient (Wildman–Crippen LogP) is 4.50. The maximum atomic E-state index is 13.4. The van der Waals surface area contributed by atoms with Gasteiger partial charge in [0.1, 0.15) is 18.1 Å². The molecular formula is C27H35N5O3. The lowest BCUT2D eigenvalue weighted by Crippen LogP contribution is -2.25. The zero-order valence-electron chi connectivity index (χ0n) is 20.6. The Morgan fingerprint density at radius 1 is 1.20 bits per heavy atom. The Morgan fingerprint density at radius 3 is 2.80 bits per heavy atom. The van der Waals surface area contributed by atoms with Gasteiger partial charge in [0.25, 0.3) is 5.91 Å². The molecule has 2 aliphatic rings. The van der Waals surface area contributed by atoms with Gasteiger partial charge in [0.05, 0.1) is 11.1 Å². The minimum absolute atomic E-state index is 0.0320. The molecule has 0 unspecified atom stereocenters. The van der Waals surface area contributed by atoms with Gasteiger partial charge in [-0.05, 0) is 55.8 Å². The molecule has 1 amide bonds. The van der Waals surface area contributed by atoms with Gasteiger partial charge in [0.15, 0.2) is 5.82 Å². The number of phenols is 1. The highest BCUT2D eigenvalue weighted by Crippen LogP contribution is 2.33. The van der Waals surface area contributed by atoms with Crippen molar-refractivity contribution in [2.24, 2.45) is 0 Å². The Kier molecular flexibility index (Phi) is 6.81. The molecule has 0 spiro atoms. The third kappa shape index (κ3) is 5.07. The van der Waals surface area contributed by atoms with Crippen LogP contribution in [0.4, 0.5) is 5.82 Å². The van der Waals surface area contributed by atoms with E-state index in [-0.39, 0.29) is 11.7 Å². The Morgan fingerprint density at radius 2 is 2.00 bits per heavy atom. The van der Waals surface area contributed by atoms with Gasteiger partial charge in [0.2, 0.25) is 0 Å². The van der Waals surface area contributed by atoms with Crippen LogP contribution in [0.1, 0.15) is 60.5 Å². The van der Waals surface area contributed by atoms with Crippen LogP contribution in [-0.2, 0) is 13.1 Å². The summed E-state index contributed by atoms with van der Waals surface area (Å²) in [4.78, 5) is 17.4. The molecular weight excluding hydrogens is 442 g/mol. The van der Waals surface area contributed by atoms with Crippen molar-refractivity contribution >= 4 is 22.6 Å². The number of amides is 1. The van der Waals surface area contributed by atoms with Crippen LogP contribution in [0.5, 0.6) is 11.5 Å². The van der Waals surface area contributed by atoms with E-state index in [2.05, 4.69) is 34.4 Å². The van der Waals surface area contributed by atoms with E-state index < -0.39 is 0 Å². The summed E-state index contributed by atoms with van der Waals surface area (Å²) in [6.45, 7) is 5.61. The van der Waals surface area contributed by atoms with Gasteiger partial charge in [-0.15, -0.1) is 0 Å². The van der Waals surface area contributed by atoms with E-state index in [1.54, 1.807) is 17.0 Å². The quantitative estimate of drug-likeness (QED) is 0.442. The molecule has 2 heterocycles. The number of nitrogens with one attached hydrogen (secondary N) is 2. The number of aromatic amines is 1. The normalized spacial score (nSPS) is 16.1. The number of ether oxygens (including phenoxy) is 1. The zero-order chi connectivity index (χ0) is 24.4. The first kappa shape index (κ1) is 23.5. The van der Waals surface area contributed by atoms with Gasteiger partial charge in [-0.3, -0.25) is 9.89 Å². The molecule has 3 N–H and O–H groups in total. The van der Waals surface area contributed by atoms with Crippen molar-refractivity contribution < 1.29 is 14.6 Å². The van der Waals surface area contributed by atoms with Gasteiger partial charge >= 0.3 is 0 Å². The highest BCUT2D eigenvalue weighted by atomic mass is 16.5. The molecule has 1 saturated carbocycles. The number of hydrogen-bond acceptors (Lipinski definition) is 6. The van der Waals surface area contributed by atoms with Crippen LogP contribution < -0.4 is 10.1 Å². The number of H-pyrrole nitrogens is 1. The van der Waals surface area contributed by atoms with Crippen molar-refractivity contribution in [2.45, 2.75) is 58.2 Å². The van der Waals surface area contributed by atoms with E-state index in [1.165, 1.54) is 19.3 Å². The van der Waals surface area contributed by atoms with E-state index in [0.717, 1.165) is 59.5 Å². The Bertz CT molecular complexity index is 1200. The number of phenolic OH excluding ortho intramolecular Hbond substituents is 1. The summed E-state index contributed by atoms with van der Waals surface area (Å²) < 4.78 is 5.92. The Balaban J connectivity index is 1.30. The van der Waals surface area contributed by atoms with Crippen molar-refractivity contribution in [3.63, 3.8) is 0 Å². The number of aromatic nitrogens is 2. The van der Waals surface area contributed by atoms with Gasteiger partial charge in [-0.25, -0.2) is 0 Å². The average Bonchev–Trinajstić information content (AvgIpc) is 3.47. The van der Waals surface area contributed by atoms with Gasteiger partial charge < -0.3 is 25.0 Å². The van der Waals surface area contributed by atoms with Crippen LogP contribution in [0.3, 0.4) is 0 Å². The summed E-state index contributed by atoms with van der Waals surface area (Å²) >= 11 is 0. The summed E-state index contributed by atoms with van der Waals surface area (Å²) in [6, 6.07) is 9.80. The van der Waals surface area contributed by atoms with Crippen LogP contribution in [0.15, 0.2) is 30.3 Å². The standard InChI is InChI=1S/C27H35N5O3/c1-3-31(2)11-12-35-21-10-9-18-16-32(17-19(18)13-21)27(34)23-14-22-24(15-25(23)33)29-30-26(22)28-20-7-5-4-6-8-20/h9-10,13-15,20,33H,3-8,11-12,16-17H2,1-2H3,(H2,28,29,30). The Hall–Kier alpha value is -3.26. The first-order chi connectivity index (χ1) is 17.0. The van der Waals surface area contributed by atoms with E-state index in [9.17, 15) is 9.90 Å². The minimum atomic E-state index is -0.183. The first-order valence-electron chi connectivity index (χ1n) is 12.7. The lowest BCUT2D eigenvalue weighted by Gasteiger charge is -2.22. The smallest absolute Gasteiger partial charge is 0.258 e. The molecule has 0 atom stereocenters. The third-order valence-electron chi connectivity index (χ3n) is 7.32. The van der Waals surface area contributed by atoms with Gasteiger partial charge in [-0.2, -0.15) is 5.10 Å². The summed E-state index contributed by atoms with van der Waals surface area (Å²) in [6.07, 6.45) is 6.00. The molecule has 0 radical (unpaired) electrons. The van der Waals surface area contributed by atoms with Crippen molar-refractivity contribution in [2.75, 3.05) is 32.1 Å². The maximum absolute atomic E-state index is 13.4. The summed E-state index contributed by atoms with van der Waals surface area (Å²) in [5.41, 5.74) is 3.22. The predicted molar refractivity (Wildman–Crippen MR) is 137 cm³/mol. The van der Waals surface area contributed by atoms with Crippen LogP contribution >= 0.6 is 0 Å². The summed E-state index contributed by atoms with van der Waals surface area (Å²) in [7, 11) is 2.07. The lowest BCUT2D eigenvalue weighted by atomic mass is 9.95. The number of carbonyl (C=O) groups excluding carboxylic acids is 1. The third-order valence-corrected chi connectivity index (χ3v) is 7.32. The van der Waals surface area contributed by atoms with Crippen molar-refractivity contribution in [1.82, 2.24) is 20.0 Å². The van der Waals surface area contributed by atoms with Crippen molar-refractivity contribution in [3.8, 4) is 11.5 Å². The average molecular weight is 478 g/mol. The fourth-order valence-corrected chi connectivity index (χ4v) is 5.03. The molecule has 35 heavy (non-hydrogen) atoms. The second kappa shape index (κ2) is 10.2. The second-order valence-electron chi connectivity index (χ2n) is 9.80. The number of likely N-dealkylation sites (N-methyl/N-ethyl adjacent to an activating group) is 1. The molecule has 2 aromatic carbocycles. The number of hydrogen-bond donors (Lipinski definition) is 3. The molecule has 1 aromatic heterocycles. The Labute approximate surface area is 206 Å². The highest BCUT2D eigenvalue weighted by molar-refractivity contribution is 6.03. The maximum Gasteiger partial charge on any atom is 0.258 e. The molecule has 1 aliphatic heterocycles. The molecule has 186 valence electrons. The fourth-order valence-electron chi connectivity index (χ4n) is 5.03. The monoisotopic (exact) mass is 477 g/mol. The number of benzene rings is 2. The molecule has 0 bridgehead atoms. The number of fused-ring (bicyclic) bond motifs is 2. The molecule has 1 aliphatic carbocycles.